The topological polar surface area (TPSA) is 25.8 Å². The number of halogens is 1. The van der Waals surface area contributed by atoms with Crippen molar-refractivity contribution in [3.63, 3.8) is 0 Å². The number of fused-ring (bicyclic) bond motifs is 1. The zero-order chi connectivity index (χ0) is 12.3. The number of hydrogen-bond donors (Lipinski definition) is 0. The number of terminal acetylenes is 1. The molecule has 0 bridgehead atoms. The number of rotatable bonds is 4. The zero-order valence-electron chi connectivity index (χ0n) is 9.36. The maximum Gasteiger partial charge on any atom is 0.191 e. The minimum absolute atomic E-state index is 0.521. The molecular formula is C12H11ClN2S2. The molecule has 88 valence electrons. The van der Waals surface area contributed by atoms with Crippen LogP contribution in [-0.2, 0) is 6.42 Å². The molecule has 2 nitrogen and oxygen atoms in total. The van der Waals surface area contributed by atoms with Gasteiger partial charge in [-0.05, 0) is 12.5 Å². The van der Waals surface area contributed by atoms with Crippen molar-refractivity contribution >= 4 is 44.9 Å². The van der Waals surface area contributed by atoms with Crippen LogP contribution in [0.5, 0.6) is 0 Å². The number of hydrogen-bond acceptors (Lipinski definition) is 4. The monoisotopic (exact) mass is 282 g/mol. The first-order valence-corrected chi connectivity index (χ1v) is 7.44. The van der Waals surface area contributed by atoms with Crippen LogP contribution in [0.1, 0.15) is 18.2 Å². The fourth-order valence-electron chi connectivity index (χ4n) is 1.46. The number of aryl methyl sites for hydroxylation is 1. The zero-order valence-corrected chi connectivity index (χ0v) is 11.8. The van der Waals surface area contributed by atoms with E-state index < -0.39 is 0 Å². The van der Waals surface area contributed by atoms with Gasteiger partial charge >= 0.3 is 0 Å². The Morgan fingerprint density at radius 2 is 2.35 bits per heavy atom. The fraction of sp³-hybridized carbons (Fsp3) is 0.333. The van der Waals surface area contributed by atoms with Crippen LogP contribution in [0.4, 0.5) is 0 Å². The van der Waals surface area contributed by atoms with Crippen molar-refractivity contribution in [1.29, 1.82) is 0 Å². The van der Waals surface area contributed by atoms with Crippen molar-refractivity contribution in [2.24, 2.45) is 0 Å². The Bertz CT molecular complexity index is 572. The summed E-state index contributed by atoms with van der Waals surface area (Å²) >= 11 is 9.26. The lowest BCUT2D eigenvalue weighted by atomic mass is 10.3. The van der Waals surface area contributed by atoms with Gasteiger partial charge in [0.2, 0.25) is 0 Å². The molecule has 0 unspecified atom stereocenters. The van der Waals surface area contributed by atoms with Gasteiger partial charge in [0.25, 0.3) is 0 Å². The maximum absolute atomic E-state index is 6.15. The molecule has 0 spiro atoms. The molecule has 5 heteroatoms. The van der Waals surface area contributed by atoms with Crippen molar-refractivity contribution < 1.29 is 0 Å². The van der Waals surface area contributed by atoms with Gasteiger partial charge in [-0.2, -0.15) is 0 Å². The molecule has 0 aromatic carbocycles. The van der Waals surface area contributed by atoms with Crippen LogP contribution < -0.4 is 0 Å². The van der Waals surface area contributed by atoms with Gasteiger partial charge in [0.1, 0.15) is 9.98 Å². The Morgan fingerprint density at radius 1 is 1.53 bits per heavy atom. The van der Waals surface area contributed by atoms with Gasteiger partial charge in [0, 0.05) is 10.3 Å². The Balaban J connectivity index is 2.39. The Hall–Kier alpha value is -0.760. The van der Waals surface area contributed by atoms with Gasteiger partial charge in [0.05, 0.1) is 5.75 Å². The number of thiophene rings is 1. The average Bonchev–Trinajstić information content (AvgIpc) is 2.70. The van der Waals surface area contributed by atoms with E-state index in [2.05, 4.69) is 28.9 Å². The maximum atomic E-state index is 6.15. The van der Waals surface area contributed by atoms with Crippen LogP contribution in [0.2, 0.25) is 5.15 Å². The smallest absolute Gasteiger partial charge is 0.191 e. The lowest BCUT2D eigenvalue weighted by Crippen LogP contribution is -1.87. The normalized spacial score (nSPS) is 10.6. The van der Waals surface area contributed by atoms with Gasteiger partial charge in [-0.15, -0.1) is 17.8 Å². The van der Waals surface area contributed by atoms with Gasteiger partial charge in [-0.25, -0.2) is 9.97 Å². The van der Waals surface area contributed by atoms with Crippen LogP contribution in [0.3, 0.4) is 0 Å². The highest BCUT2D eigenvalue weighted by atomic mass is 35.5. The predicted molar refractivity (Wildman–Crippen MR) is 76.0 cm³/mol. The van der Waals surface area contributed by atoms with Crippen molar-refractivity contribution in [3.05, 3.63) is 16.1 Å². The lowest BCUT2D eigenvalue weighted by molar-refractivity contribution is 0.940. The summed E-state index contributed by atoms with van der Waals surface area (Å²) in [4.78, 5) is 11.0. The summed E-state index contributed by atoms with van der Waals surface area (Å²) in [5, 5.41) is 2.13. The molecule has 0 aliphatic heterocycles. The van der Waals surface area contributed by atoms with Crippen LogP contribution >= 0.6 is 34.7 Å². The predicted octanol–water partition coefficient (Wildman–Crippen LogP) is 4.02. The molecule has 17 heavy (non-hydrogen) atoms. The molecule has 2 rings (SSSR count). The molecular weight excluding hydrogens is 272 g/mol. The third-order valence-corrected chi connectivity index (χ3v) is 4.29. The van der Waals surface area contributed by atoms with Gasteiger partial charge < -0.3 is 0 Å². The highest BCUT2D eigenvalue weighted by Crippen LogP contribution is 2.31. The van der Waals surface area contributed by atoms with E-state index in [-0.39, 0.29) is 0 Å². The molecule has 0 saturated carbocycles. The van der Waals surface area contributed by atoms with Gasteiger partial charge in [-0.1, -0.05) is 42.6 Å². The Kier molecular flexibility index (Phi) is 4.27. The number of nitrogens with zero attached hydrogens (tertiary/aromatic N) is 2. The quantitative estimate of drug-likeness (QED) is 0.367. The third kappa shape index (κ3) is 2.92. The van der Waals surface area contributed by atoms with E-state index in [0.29, 0.717) is 16.1 Å². The standard InChI is InChI=1S/C12H11ClN2S2/c1-3-5-8-7-9-10(13)14-12(16-6-4-2)15-11(9)17-8/h2,7H,3,5-6H2,1H3. The molecule has 0 N–H and O–H groups in total. The van der Waals surface area contributed by atoms with E-state index in [1.807, 2.05) is 0 Å². The minimum Gasteiger partial charge on any atom is -0.211 e. The summed E-state index contributed by atoms with van der Waals surface area (Å²) in [7, 11) is 0. The van der Waals surface area contributed by atoms with Crippen LogP contribution in [0.25, 0.3) is 10.2 Å². The third-order valence-electron chi connectivity index (χ3n) is 2.16. The second-order valence-corrected chi connectivity index (χ2v) is 5.89. The van der Waals surface area contributed by atoms with Crippen LogP contribution in [0.15, 0.2) is 11.2 Å². The Morgan fingerprint density at radius 3 is 3.06 bits per heavy atom. The number of thioether (sulfide) groups is 1. The number of aromatic nitrogens is 2. The first kappa shape index (κ1) is 12.7. The van der Waals surface area contributed by atoms with Crippen LogP contribution in [0, 0.1) is 12.3 Å². The van der Waals surface area contributed by atoms with Crippen LogP contribution in [-0.4, -0.2) is 15.7 Å². The molecule has 2 heterocycles. The highest BCUT2D eigenvalue weighted by molar-refractivity contribution is 7.99. The Labute approximate surface area is 114 Å². The van der Waals surface area contributed by atoms with E-state index in [1.165, 1.54) is 16.6 Å². The first-order valence-electron chi connectivity index (χ1n) is 5.26. The van der Waals surface area contributed by atoms with E-state index in [0.717, 1.165) is 23.1 Å². The molecule has 0 aliphatic carbocycles. The van der Waals surface area contributed by atoms with Crippen molar-refractivity contribution in [3.8, 4) is 12.3 Å². The molecule has 0 saturated heterocycles. The summed E-state index contributed by atoms with van der Waals surface area (Å²) in [5.74, 6) is 3.12. The van der Waals surface area contributed by atoms with E-state index in [9.17, 15) is 0 Å². The van der Waals surface area contributed by atoms with E-state index in [4.69, 9.17) is 18.0 Å². The average molecular weight is 283 g/mol. The van der Waals surface area contributed by atoms with Crippen molar-refractivity contribution in [1.82, 2.24) is 9.97 Å². The first-order chi connectivity index (χ1) is 8.24. The van der Waals surface area contributed by atoms with Crippen molar-refractivity contribution in [2.45, 2.75) is 24.9 Å². The fourth-order valence-corrected chi connectivity index (χ4v) is 3.50. The van der Waals surface area contributed by atoms with E-state index >= 15 is 0 Å². The SMILES string of the molecule is C#CCSc1nc(Cl)c2cc(CCC)sc2n1. The molecule has 0 fully saturated rings. The molecule has 0 aliphatic rings. The lowest BCUT2D eigenvalue weighted by Gasteiger charge is -1.97. The van der Waals surface area contributed by atoms with Gasteiger partial charge in [-0.3, -0.25) is 0 Å². The second kappa shape index (κ2) is 5.72. The highest BCUT2D eigenvalue weighted by Gasteiger charge is 2.10. The minimum atomic E-state index is 0.521. The summed E-state index contributed by atoms with van der Waals surface area (Å²) in [6.07, 6.45) is 7.40. The summed E-state index contributed by atoms with van der Waals surface area (Å²) in [5.41, 5.74) is 0. The second-order valence-electron chi connectivity index (χ2n) is 3.47. The summed E-state index contributed by atoms with van der Waals surface area (Å²) < 4.78 is 0. The summed E-state index contributed by atoms with van der Waals surface area (Å²) in [6.45, 7) is 2.16. The van der Waals surface area contributed by atoms with Crippen molar-refractivity contribution in [2.75, 3.05) is 5.75 Å². The summed E-state index contributed by atoms with van der Waals surface area (Å²) in [6, 6.07) is 2.08. The molecule has 2 aromatic heterocycles. The molecule has 0 radical (unpaired) electrons. The molecule has 2 aromatic rings. The molecule has 0 atom stereocenters. The molecule has 0 amide bonds. The van der Waals surface area contributed by atoms with Gasteiger partial charge in [0.15, 0.2) is 5.16 Å². The van der Waals surface area contributed by atoms with E-state index in [1.54, 1.807) is 11.3 Å². The largest absolute Gasteiger partial charge is 0.211 e.